The molecule has 2 rings (SSSR count). The van der Waals surface area contributed by atoms with Crippen molar-refractivity contribution in [3.05, 3.63) is 12.3 Å². The summed E-state index contributed by atoms with van der Waals surface area (Å²) in [5.41, 5.74) is 0. The van der Waals surface area contributed by atoms with Gasteiger partial charge in [0.05, 0.1) is 24.0 Å². The molecule has 1 aromatic rings. The first kappa shape index (κ1) is 15.3. The number of rotatable bonds is 3. The zero-order chi connectivity index (χ0) is 15.6. The Morgan fingerprint density at radius 1 is 1.52 bits per heavy atom. The topological polar surface area (TPSA) is 122 Å². The van der Waals surface area contributed by atoms with Gasteiger partial charge in [0.15, 0.2) is 15.7 Å². The Morgan fingerprint density at radius 2 is 2.24 bits per heavy atom. The molecule has 1 aromatic heterocycles. The van der Waals surface area contributed by atoms with E-state index in [-0.39, 0.29) is 18.1 Å². The van der Waals surface area contributed by atoms with Crippen LogP contribution in [0.5, 0.6) is 0 Å². The van der Waals surface area contributed by atoms with Crippen molar-refractivity contribution in [3.63, 3.8) is 0 Å². The zero-order valence-electron chi connectivity index (χ0n) is 11.4. The second-order valence-corrected chi connectivity index (χ2v) is 7.09. The van der Waals surface area contributed by atoms with Gasteiger partial charge >= 0.3 is 12.0 Å². The molecule has 21 heavy (non-hydrogen) atoms. The van der Waals surface area contributed by atoms with Crippen LogP contribution in [0.25, 0.3) is 0 Å². The molecule has 1 aliphatic rings. The third-order valence-electron chi connectivity index (χ3n) is 3.15. The molecule has 1 unspecified atom stereocenters. The third-order valence-corrected chi connectivity index (χ3v) is 4.85. The molecule has 1 atom stereocenters. The quantitative estimate of drug-likeness (QED) is 0.777. The van der Waals surface area contributed by atoms with Gasteiger partial charge in [0.1, 0.15) is 0 Å². The minimum Gasteiger partial charge on any atom is -0.481 e. The summed E-state index contributed by atoms with van der Waals surface area (Å²) in [6, 6.07) is 0.171. The highest BCUT2D eigenvalue weighted by Crippen LogP contribution is 2.16. The van der Waals surface area contributed by atoms with Gasteiger partial charge in [0, 0.05) is 25.9 Å². The van der Waals surface area contributed by atoms with Crippen LogP contribution in [0, 0.1) is 0 Å². The molecule has 1 aliphatic heterocycles. The summed E-state index contributed by atoms with van der Waals surface area (Å²) in [5.74, 6) is -1.33. The smallest absolute Gasteiger partial charge is 0.323 e. The van der Waals surface area contributed by atoms with E-state index in [2.05, 4.69) is 10.4 Å². The lowest BCUT2D eigenvalue weighted by atomic mass is 10.2. The first-order chi connectivity index (χ1) is 9.77. The number of nitrogens with zero attached hydrogens (tertiary/aromatic N) is 3. The first-order valence-corrected chi connectivity index (χ1v) is 8.08. The number of sulfone groups is 1. The van der Waals surface area contributed by atoms with E-state index in [1.807, 2.05) is 0 Å². The van der Waals surface area contributed by atoms with E-state index >= 15 is 0 Å². The van der Waals surface area contributed by atoms with Crippen molar-refractivity contribution in [1.82, 2.24) is 14.7 Å². The molecule has 116 valence electrons. The monoisotopic (exact) mass is 316 g/mol. The standard InChI is InChI=1S/C11H16N4O5S/c1-14-3-2-9(13-14)12-11(18)15-4-5-21(19,20)7-8(15)6-10(16)17/h2-3,8H,4-7H2,1H3,(H,16,17)(H,12,13,18). The number of urea groups is 1. The van der Waals surface area contributed by atoms with Gasteiger partial charge in [0.2, 0.25) is 0 Å². The van der Waals surface area contributed by atoms with Crippen LogP contribution in [0.3, 0.4) is 0 Å². The molecule has 0 aliphatic carbocycles. The van der Waals surface area contributed by atoms with Gasteiger partial charge in [-0.05, 0) is 0 Å². The minimum absolute atomic E-state index is 0.0288. The molecule has 0 bridgehead atoms. The van der Waals surface area contributed by atoms with Crippen LogP contribution in [0.1, 0.15) is 6.42 Å². The van der Waals surface area contributed by atoms with Crippen LogP contribution in [0.2, 0.25) is 0 Å². The third kappa shape index (κ3) is 3.94. The maximum atomic E-state index is 12.2. The molecular formula is C11H16N4O5S. The summed E-state index contributed by atoms with van der Waals surface area (Å²) < 4.78 is 24.7. The normalized spacial score (nSPS) is 21.0. The molecule has 0 aromatic carbocycles. The number of aliphatic carboxylic acids is 1. The fraction of sp³-hybridized carbons (Fsp3) is 0.545. The number of carbonyl (C=O) groups excluding carboxylic acids is 1. The number of nitrogens with one attached hydrogen (secondary N) is 1. The molecule has 9 nitrogen and oxygen atoms in total. The molecule has 1 fully saturated rings. The van der Waals surface area contributed by atoms with Crippen molar-refractivity contribution in [2.24, 2.45) is 7.05 Å². The van der Waals surface area contributed by atoms with Crippen molar-refractivity contribution >= 4 is 27.7 Å². The van der Waals surface area contributed by atoms with Crippen LogP contribution in [-0.4, -0.2) is 64.3 Å². The molecule has 2 amide bonds. The Labute approximate surface area is 121 Å². The number of hydrogen-bond acceptors (Lipinski definition) is 5. The first-order valence-electron chi connectivity index (χ1n) is 6.26. The van der Waals surface area contributed by atoms with Gasteiger partial charge in [-0.25, -0.2) is 13.2 Å². The Hall–Kier alpha value is -2.10. The van der Waals surface area contributed by atoms with E-state index in [9.17, 15) is 18.0 Å². The van der Waals surface area contributed by atoms with Crippen molar-refractivity contribution in [2.75, 3.05) is 23.4 Å². The molecular weight excluding hydrogens is 300 g/mol. The number of carboxylic acid groups (broad SMARTS) is 1. The highest BCUT2D eigenvalue weighted by molar-refractivity contribution is 7.91. The van der Waals surface area contributed by atoms with E-state index in [0.29, 0.717) is 5.82 Å². The Kier molecular flexibility index (Phi) is 4.16. The predicted octanol–water partition coefficient (Wildman–Crippen LogP) is -0.474. The van der Waals surface area contributed by atoms with E-state index in [1.165, 1.54) is 9.58 Å². The number of hydrogen-bond donors (Lipinski definition) is 2. The molecule has 0 radical (unpaired) electrons. The van der Waals surface area contributed by atoms with E-state index in [1.54, 1.807) is 19.3 Å². The van der Waals surface area contributed by atoms with E-state index < -0.39 is 34.3 Å². The van der Waals surface area contributed by atoms with Crippen LogP contribution in [-0.2, 0) is 21.7 Å². The Balaban J connectivity index is 2.11. The second-order valence-electron chi connectivity index (χ2n) is 4.86. The van der Waals surface area contributed by atoms with Crippen LogP contribution in [0.15, 0.2) is 12.3 Å². The average molecular weight is 316 g/mol. The van der Waals surface area contributed by atoms with Crippen molar-refractivity contribution in [1.29, 1.82) is 0 Å². The summed E-state index contributed by atoms with van der Waals surface area (Å²) in [6.07, 6.45) is 1.24. The van der Waals surface area contributed by atoms with Gasteiger partial charge in [-0.3, -0.25) is 14.8 Å². The number of anilines is 1. The lowest BCUT2D eigenvalue weighted by Crippen LogP contribution is -2.53. The average Bonchev–Trinajstić information content (AvgIpc) is 2.72. The van der Waals surface area contributed by atoms with Gasteiger partial charge in [-0.1, -0.05) is 0 Å². The fourth-order valence-corrected chi connectivity index (χ4v) is 3.71. The maximum Gasteiger partial charge on any atom is 0.323 e. The summed E-state index contributed by atoms with van der Waals surface area (Å²) in [6.45, 7) is -0.0288. The van der Waals surface area contributed by atoms with E-state index in [4.69, 9.17) is 5.11 Å². The molecule has 1 saturated heterocycles. The molecule has 2 N–H and O–H groups in total. The van der Waals surface area contributed by atoms with Gasteiger partial charge < -0.3 is 10.0 Å². The molecule has 2 heterocycles. The van der Waals surface area contributed by atoms with Crippen molar-refractivity contribution in [3.8, 4) is 0 Å². The molecule has 10 heteroatoms. The van der Waals surface area contributed by atoms with Crippen molar-refractivity contribution < 1.29 is 23.1 Å². The molecule has 0 saturated carbocycles. The maximum absolute atomic E-state index is 12.2. The number of aromatic nitrogens is 2. The predicted molar refractivity (Wildman–Crippen MR) is 73.6 cm³/mol. The zero-order valence-corrected chi connectivity index (χ0v) is 12.2. The lowest BCUT2D eigenvalue weighted by Gasteiger charge is -2.34. The van der Waals surface area contributed by atoms with Crippen LogP contribution < -0.4 is 5.32 Å². The Bertz CT molecular complexity index is 653. The van der Waals surface area contributed by atoms with Gasteiger partial charge in [-0.15, -0.1) is 0 Å². The number of aryl methyl sites for hydroxylation is 1. The van der Waals surface area contributed by atoms with Crippen molar-refractivity contribution in [2.45, 2.75) is 12.5 Å². The SMILES string of the molecule is Cn1ccc(NC(=O)N2CCS(=O)(=O)CC2CC(=O)O)n1. The lowest BCUT2D eigenvalue weighted by molar-refractivity contribution is -0.137. The minimum atomic E-state index is -3.32. The summed E-state index contributed by atoms with van der Waals surface area (Å²) in [7, 11) is -1.63. The Morgan fingerprint density at radius 3 is 2.81 bits per heavy atom. The second kappa shape index (κ2) is 5.72. The van der Waals surface area contributed by atoms with Gasteiger partial charge in [0.25, 0.3) is 0 Å². The summed E-state index contributed by atoms with van der Waals surface area (Å²) >= 11 is 0. The fourth-order valence-electron chi connectivity index (χ4n) is 2.19. The summed E-state index contributed by atoms with van der Waals surface area (Å²) in [5, 5.41) is 15.4. The van der Waals surface area contributed by atoms with Crippen LogP contribution >= 0.6 is 0 Å². The van der Waals surface area contributed by atoms with Gasteiger partial charge in [-0.2, -0.15) is 5.10 Å². The van der Waals surface area contributed by atoms with Crippen LogP contribution in [0.4, 0.5) is 10.6 Å². The highest BCUT2D eigenvalue weighted by atomic mass is 32.2. The highest BCUT2D eigenvalue weighted by Gasteiger charge is 2.35. The van der Waals surface area contributed by atoms with E-state index in [0.717, 1.165) is 0 Å². The number of carbonyl (C=O) groups is 2. The number of carboxylic acids is 1. The summed E-state index contributed by atoms with van der Waals surface area (Å²) in [4.78, 5) is 24.2. The largest absolute Gasteiger partial charge is 0.481 e. The molecule has 0 spiro atoms. The number of amides is 2.